The molecule has 0 spiro atoms. The first-order chi connectivity index (χ1) is 12.0. The third-order valence-electron chi connectivity index (χ3n) is 3.70. The summed E-state index contributed by atoms with van der Waals surface area (Å²) in [5, 5.41) is 0. The molecule has 0 bridgehead atoms. The Bertz CT molecular complexity index is 917. The van der Waals surface area contributed by atoms with E-state index in [0.717, 1.165) is 24.0 Å². The van der Waals surface area contributed by atoms with Crippen LogP contribution in [-0.2, 0) is 25.6 Å². The predicted molar refractivity (Wildman–Crippen MR) is 91.9 cm³/mol. The van der Waals surface area contributed by atoms with Gasteiger partial charge in [0.2, 0.25) is 0 Å². The van der Waals surface area contributed by atoms with E-state index >= 15 is 0 Å². The molecule has 25 heavy (non-hydrogen) atoms. The molecule has 1 aliphatic carbocycles. The molecule has 2 aromatic rings. The molecule has 2 aromatic carbocycles. The van der Waals surface area contributed by atoms with E-state index in [2.05, 4.69) is 5.48 Å². The van der Waals surface area contributed by atoms with Crippen molar-refractivity contribution in [2.75, 3.05) is 0 Å². The number of ether oxygens (including phenoxy) is 1. The Morgan fingerprint density at radius 2 is 1.80 bits per heavy atom. The van der Waals surface area contributed by atoms with Gasteiger partial charge in [0.1, 0.15) is 5.75 Å². The molecule has 0 saturated heterocycles. The summed E-state index contributed by atoms with van der Waals surface area (Å²) in [6.45, 7) is 1.27. The number of hydrogen-bond acceptors (Lipinski definition) is 6. The van der Waals surface area contributed by atoms with Crippen molar-refractivity contribution in [1.82, 2.24) is 5.48 Å². The first kappa shape index (κ1) is 17.2. The van der Waals surface area contributed by atoms with Crippen molar-refractivity contribution in [1.29, 1.82) is 0 Å². The third kappa shape index (κ3) is 4.07. The Morgan fingerprint density at radius 1 is 1.08 bits per heavy atom. The molecule has 130 valence electrons. The molecule has 1 aliphatic rings. The molecule has 0 heterocycles. The average Bonchev–Trinajstić information content (AvgIpc) is 2.60. The van der Waals surface area contributed by atoms with Crippen LogP contribution in [0, 0.1) is 0 Å². The number of aryl methyl sites for hydroxylation is 1. The maximum absolute atomic E-state index is 12.3. The lowest BCUT2D eigenvalue weighted by atomic mass is 9.95. The minimum Gasteiger partial charge on any atom is -0.427 e. The van der Waals surface area contributed by atoms with E-state index in [9.17, 15) is 13.2 Å². The van der Waals surface area contributed by atoms with E-state index in [1.165, 1.54) is 31.2 Å². The van der Waals surface area contributed by atoms with Crippen LogP contribution in [0.5, 0.6) is 5.75 Å². The molecule has 0 aliphatic heterocycles. The van der Waals surface area contributed by atoms with E-state index in [1.54, 1.807) is 0 Å². The van der Waals surface area contributed by atoms with E-state index < -0.39 is 16.1 Å². The monoisotopic (exact) mass is 359 g/mol. The zero-order chi connectivity index (χ0) is 17.9. The van der Waals surface area contributed by atoms with Gasteiger partial charge in [-0.15, -0.1) is 4.28 Å². The Labute approximate surface area is 146 Å². The van der Waals surface area contributed by atoms with Crippen molar-refractivity contribution < 1.29 is 22.2 Å². The van der Waals surface area contributed by atoms with Gasteiger partial charge in [-0.3, -0.25) is 4.79 Å². The van der Waals surface area contributed by atoms with Crippen LogP contribution in [0.15, 0.2) is 59.5 Å². The largest absolute Gasteiger partial charge is 0.427 e. The maximum atomic E-state index is 12.3. The van der Waals surface area contributed by atoms with Gasteiger partial charge in [-0.25, -0.2) is 5.48 Å². The van der Waals surface area contributed by atoms with Gasteiger partial charge in [-0.05, 0) is 42.7 Å². The summed E-state index contributed by atoms with van der Waals surface area (Å²) in [6.07, 6.45) is 3.62. The van der Waals surface area contributed by atoms with Crippen molar-refractivity contribution in [3.63, 3.8) is 0 Å². The van der Waals surface area contributed by atoms with Gasteiger partial charge >= 0.3 is 16.1 Å². The van der Waals surface area contributed by atoms with Crippen LogP contribution in [0.25, 0.3) is 5.70 Å². The minimum atomic E-state index is -4.00. The number of hydrogen-bond donors (Lipinski definition) is 1. The molecule has 0 unspecified atom stereocenters. The molecule has 0 aromatic heterocycles. The molecule has 1 N–H and O–H groups in total. The van der Waals surface area contributed by atoms with Crippen LogP contribution in [0.4, 0.5) is 0 Å². The van der Waals surface area contributed by atoms with E-state index in [4.69, 9.17) is 9.02 Å². The standard InChI is InChI=1S/C18H17NO5S/c1-13(20)23-15-9-11-16(12-10-15)25(21,22)24-19-18-8-4-6-14-5-2-3-7-17(14)18/h2-3,5,7-12,19H,4,6H2,1H3. The Hall–Kier alpha value is -2.64. The number of esters is 1. The van der Waals surface area contributed by atoms with Gasteiger partial charge in [0.05, 0.1) is 10.6 Å². The number of fused-ring (bicyclic) bond motifs is 1. The van der Waals surface area contributed by atoms with Crippen LogP contribution in [0.2, 0.25) is 0 Å². The highest BCUT2D eigenvalue weighted by molar-refractivity contribution is 7.86. The van der Waals surface area contributed by atoms with Gasteiger partial charge in [0.15, 0.2) is 0 Å². The van der Waals surface area contributed by atoms with Gasteiger partial charge in [-0.2, -0.15) is 8.42 Å². The molecular formula is C18H17NO5S. The molecular weight excluding hydrogens is 342 g/mol. The lowest BCUT2D eigenvalue weighted by molar-refractivity contribution is -0.131. The van der Waals surface area contributed by atoms with Crippen molar-refractivity contribution in [3.05, 3.63) is 65.7 Å². The lowest BCUT2D eigenvalue weighted by Gasteiger charge is -2.18. The van der Waals surface area contributed by atoms with Crippen LogP contribution in [0.1, 0.15) is 24.5 Å². The normalized spacial score (nSPS) is 13.6. The fraction of sp³-hybridized carbons (Fsp3) is 0.167. The number of allylic oxidation sites excluding steroid dienone is 1. The minimum absolute atomic E-state index is 0.0411. The van der Waals surface area contributed by atoms with E-state index in [0.29, 0.717) is 5.70 Å². The lowest BCUT2D eigenvalue weighted by Crippen LogP contribution is -2.21. The Balaban J connectivity index is 1.72. The highest BCUT2D eigenvalue weighted by atomic mass is 32.2. The number of carbonyl (C=O) groups excluding carboxylic acids is 1. The molecule has 7 heteroatoms. The number of hydroxylamine groups is 1. The molecule has 3 rings (SSSR count). The zero-order valence-corrected chi connectivity index (χ0v) is 14.4. The van der Waals surface area contributed by atoms with Crippen molar-refractivity contribution in [3.8, 4) is 5.75 Å². The summed E-state index contributed by atoms with van der Waals surface area (Å²) in [7, 11) is -4.00. The first-order valence-corrected chi connectivity index (χ1v) is 9.13. The molecule has 6 nitrogen and oxygen atoms in total. The molecule has 0 saturated carbocycles. The predicted octanol–water partition coefficient (Wildman–Crippen LogP) is 2.81. The second kappa shape index (κ2) is 7.08. The third-order valence-corrected chi connectivity index (χ3v) is 4.86. The highest BCUT2D eigenvalue weighted by Crippen LogP contribution is 2.25. The summed E-state index contributed by atoms with van der Waals surface area (Å²) < 4.78 is 34.5. The highest BCUT2D eigenvalue weighted by Gasteiger charge is 2.19. The summed E-state index contributed by atoms with van der Waals surface area (Å²) >= 11 is 0. The van der Waals surface area contributed by atoms with Crippen molar-refractivity contribution >= 4 is 21.8 Å². The number of carbonyl (C=O) groups is 1. The average molecular weight is 359 g/mol. The molecule has 0 atom stereocenters. The Morgan fingerprint density at radius 3 is 2.52 bits per heavy atom. The second-order valence-corrected chi connectivity index (χ2v) is 7.06. The van der Waals surface area contributed by atoms with Gasteiger partial charge in [-0.1, -0.05) is 30.3 Å². The van der Waals surface area contributed by atoms with Gasteiger partial charge < -0.3 is 4.74 Å². The van der Waals surface area contributed by atoms with Crippen molar-refractivity contribution in [2.45, 2.75) is 24.7 Å². The van der Waals surface area contributed by atoms with Crippen LogP contribution in [-0.4, -0.2) is 14.4 Å². The molecule has 0 radical (unpaired) electrons. The van der Waals surface area contributed by atoms with Crippen LogP contribution >= 0.6 is 0 Å². The Kier molecular flexibility index (Phi) is 4.87. The first-order valence-electron chi connectivity index (χ1n) is 7.72. The SMILES string of the molecule is CC(=O)Oc1ccc(S(=O)(=O)ONC2=CCCc3ccccc32)cc1. The summed E-state index contributed by atoms with van der Waals surface area (Å²) in [5.74, 6) is -0.209. The zero-order valence-electron chi connectivity index (χ0n) is 13.6. The van der Waals surface area contributed by atoms with Crippen LogP contribution < -0.4 is 10.2 Å². The van der Waals surface area contributed by atoms with Gasteiger partial charge in [0, 0.05) is 12.5 Å². The topological polar surface area (TPSA) is 81.7 Å². The fourth-order valence-electron chi connectivity index (χ4n) is 2.57. The van der Waals surface area contributed by atoms with E-state index in [1.807, 2.05) is 30.3 Å². The number of rotatable bonds is 5. The fourth-order valence-corrected chi connectivity index (χ4v) is 3.33. The molecule has 0 amide bonds. The smallest absolute Gasteiger partial charge is 0.317 e. The number of nitrogens with one attached hydrogen (secondary N) is 1. The maximum Gasteiger partial charge on any atom is 0.317 e. The summed E-state index contributed by atoms with van der Waals surface area (Å²) in [4.78, 5) is 10.9. The quantitative estimate of drug-likeness (QED) is 0.502. The van der Waals surface area contributed by atoms with Crippen LogP contribution in [0.3, 0.4) is 0 Å². The van der Waals surface area contributed by atoms with Crippen molar-refractivity contribution in [2.24, 2.45) is 0 Å². The molecule has 0 fully saturated rings. The number of benzene rings is 2. The second-order valence-electron chi connectivity index (χ2n) is 5.52. The van der Waals surface area contributed by atoms with Gasteiger partial charge in [0.25, 0.3) is 0 Å². The summed E-state index contributed by atoms with van der Waals surface area (Å²) in [6, 6.07) is 13.2. The van der Waals surface area contributed by atoms with E-state index in [-0.39, 0.29) is 10.6 Å². The summed E-state index contributed by atoms with van der Waals surface area (Å²) in [5.41, 5.74) is 5.24.